The molecule has 0 radical (unpaired) electrons. The molecule has 1 aromatic rings. The quantitative estimate of drug-likeness (QED) is 0.842. The summed E-state index contributed by atoms with van der Waals surface area (Å²) in [6.45, 7) is 4.28. The second-order valence-electron chi connectivity index (χ2n) is 4.98. The third-order valence-electron chi connectivity index (χ3n) is 3.47. The van der Waals surface area contributed by atoms with E-state index in [2.05, 4.69) is 0 Å². The predicted molar refractivity (Wildman–Crippen MR) is 75.8 cm³/mol. The minimum Gasteiger partial charge on any atom is -0.399 e. The van der Waals surface area contributed by atoms with E-state index < -0.39 is 0 Å². The first-order valence-electron chi connectivity index (χ1n) is 6.93. The van der Waals surface area contributed by atoms with E-state index in [4.69, 9.17) is 10.5 Å². The van der Waals surface area contributed by atoms with E-state index in [1.165, 1.54) is 0 Å². The van der Waals surface area contributed by atoms with Gasteiger partial charge in [-0.25, -0.2) is 0 Å². The Kier molecular flexibility index (Phi) is 4.80. The van der Waals surface area contributed by atoms with Crippen molar-refractivity contribution in [3.05, 3.63) is 29.8 Å². The fraction of sp³-hybridized carbons (Fsp3) is 0.533. The summed E-state index contributed by atoms with van der Waals surface area (Å²) in [6, 6.07) is 7.50. The molecule has 1 unspecified atom stereocenters. The van der Waals surface area contributed by atoms with Gasteiger partial charge in [-0.1, -0.05) is 12.1 Å². The van der Waals surface area contributed by atoms with E-state index >= 15 is 0 Å². The topological polar surface area (TPSA) is 55.6 Å². The maximum Gasteiger partial charge on any atom is 0.227 e. The van der Waals surface area contributed by atoms with Crippen LogP contribution in [0.25, 0.3) is 0 Å². The van der Waals surface area contributed by atoms with Crippen molar-refractivity contribution in [2.24, 2.45) is 0 Å². The molecular weight excluding hydrogens is 240 g/mol. The zero-order valence-electron chi connectivity index (χ0n) is 11.5. The molecule has 1 fully saturated rings. The second-order valence-corrected chi connectivity index (χ2v) is 4.98. The van der Waals surface area contributed by atoms with E-state index in [0.717, 1.165) is 37.2 Å². The maximum atomic E-state index is 12.2. The van der Waals surface area contributed by atoms with Crippen LogP contribution in [-0.4, -0.2) is 36.6 Å². The number of anilines is 1. The second kappa shape index (κ2) is 6.57. The molecule has 1 saturated heterocycles. The summed E-state index contributed by atoms with van der Waals surface area (Å²) >= 11 is 0. The van der Waals surface area contributed by atoms with E-state index in [1.807, 2.05) is 36.1 Å². The first-order valence-corrected chi connectivity index (χ1v) is 6.93. The number of amides is 1. The van der Waals surface area contributed by atoms with E-state index in [9.17, 15) is 4.79 Å². The molecule has 1 atom stereocenters. The summed E-state index contributed by atoms with van der Waals surface area (Å²) in [7, 11) is 0. The molecular formula is C15H22N2O2. The molecule has 2 rings (SSSR count). The lowest BCUT2D eigenvalue weighted by molar-refractivity contribution is -0.134. The summed E-state index contributed by atoms with van der Waals surface area (Å²) < 4.78 is 5.62. The summed E-state index contributed by atoms with van der Waals surface area (Å²) in [6.07, 6.45) is 2.73. The van der Waals surface area contributed by atoms with Crippen LogP contribution < -0.4 is 5.73 Å². The SMILES string of the molecule is CCOC1CCCN(C(=O)Cc2ccc(N)cc2)C1. The van der Waals surface area contributed by atoms with Crippen molar-refractivity contribution in [2.45, 2.75) is 32.3 Å². The first kappa shape index (κ1) is 13.9. The van der Waals surface area contributed by atoms with E-state index in [1.54, 1.807) is 0 Å². The monoisotopic (exact) mass is 262 g/mol. The molecule has 1 aliphatic heterocycles. The zero-order chi connectivity index (χ0) is 13.7. The van der Waals surface area contributed by atoms with Crippen molar-refractivity contribution in [1.82, 2.24) is 4.90 Å². The lowest BCUT2D eigenvalue weighted by Crippen LogP contribution is -2.43. The van der Waals surface area contributed by atoms with Gasteiger partial charge in [-0.3, -0.25) is 4.79 Å². The lowest BCUT2D eigenvalue weighted by Gasteiger charge is -2.32. The van der Waals surface area contributed by atoms with E-state index in [-0.39, 0.29) is 12.0 Å². The van der Waals surface area contributed by atoms with Gasteiger partial charge in [0.15, 0.2) is 0 Å². The number of piperidine rings is 1. The number of nitrogens with two attached hydrogens (primary N) is 1. The summed E-state index contributed by atoms with van der Waals surface area (Å²) in [4.78, 5) is 14.2. The average Bonchev–Trinajstić information content (AvgIpc) is 2.42. The summed E-state index contributed by atoms with van der Waals surface area (Å²) in [5, 5.41) is 0. The molecule has 4 nitrogen and oxygen atoms in total. The van der Waals surface area contributed by atoms with Gasteiger partial charge in [0.2, 0.25) is 5.91 Å². The van der Waals surface area contributed by atoms with Gasteiger partial charge < -0.3 is 15.4 Å². The van der Waals surface area contributed by atoms with Crippen molar-refractivity contribution in [3.63, 3.8) is 0 Å². The number of hydrogen-bond acceptors (Lipinski definition) is 3. The fourth-order valence-electron chi connectivity index (χ4n) is 2.46. The number of carbonyl (C=O) groups is 1. The molecule has 0 bridgehead atoms. The highest BCUT2D eigenvalue weighted by Crippen LogP contribution is 2.15. The van der Waals surface area contributed by atoms with Crippen LogP contribution in [0.2, 0.25) is 0 Å². The molecule has 1 amide bonds. The first-order chi connectivity index (χ1) is 9.19. The van der Waals surface area contributed by atoms with Crippen molar-refractivity contribution < 1.29 is 9.53 Å². The summed E-state index contributed by atoms with van der Waals surface area (Å²) in [5.41, 5.74) is 7.38. The minimum atomic E-state index is 0.175. The smallest absolute Gasteiger partial charge is 0.227 e. The van der Waals surface area contributed by atoms with Crippen LogP contribution in [0.4, 0.5) is 5.69 Å². The van der Waals surface area contributed by atoms with Gasteiger partial charge in [0.05, 0.1) is 12.5 Å². The number of benzene rings is 1. The van der Waals surface area contributed by atoms with Crippen molar-refractivity contribution in [3.8, 4) is 0 Å². The van der Waals surface area contributed by atoms with E-state index in [0.29, 0.717) is 13.0 Å². The van der Waals surface area contributed by atoms with Crippen molar-refractivity contribution >= 4 is 11.6 Å². The Morgan fingerprint density at radius 1 is 1.42 bits per heavy atom. The van der Waals surface area contributed by atoms with Crippen LogP contribution >= 0.6 is 0 Å². The molecule has 0 saturated carbocycles. The highest BCUT2D eigenvalue weighted by atomic mass is 16.5. The van der Waals surface area contributed by atoms with Gasteiger partial charge in [0.25, 0.3) is 0 Å². The Labute approximate surface area is 114 Å². The van der Waals surface area contributed by atoms with Gasteiger partial charge in [0, 0.05) is 25.4 Å². The average molecular weight is 262 g/mol. The van der Waals surface area contributed by atoms with Gasteiger partial charge in [-0.2, -0.15) is 0 Å². The standard InChI is InChI=1S/C15H22N2O2/c1-2-19-14-4-3-9-17(11-14)15(18)10-12-5-7-13(16)8-6-12/h5-8,14H,2-4,9-11,16H2,1H3. The molecule has 0 aromatic heterocycles. The molecule has 1 heterocycles. The number of nitrogens with zero attached hydrogens (tertiary/aromatic N) is 1. The van der Waals surface area contributed by atoms with Crippen molar-refractivity contribution in [2.75, 3.05) is 25.4 Å². The number of ether oxygens (including phenoxy) is 1. The van der Waals surface area contributed by atoms with Crippen LogP contribution in [0.15, 0.2) is 24.3 Å². The Bertz CT molecular complexity index is 415. The third-order valence-corrected chi connectivity index (χ3v) is 3.47. The highest BCUT2D eigenvalue weighted by Gasteiger charge is 2.23. The molecule has 104 valence electrons. The van der Waals surface area contributed by atoms with Crippen LogP contribution in [0.5, 0.6) is 0 Å². The molecule has 1 aliphatic rings. The zero-order valence-corrected chi connectivity index (χ0v) is 11.5. The van der Waals surface area contributed by atoms with Gasteiger partial charge in [-0.15, -0.1) is 0 Å². The maximum absolute atomic E-state index is 12.2. The largest absolute Gasteiger partial charge is 0.399 e. The van der Waals surface area contributed by atoms with Crippen molar-refractivity contribution in [1.29, 1.82) is 0 Å². The van der Waals surface area contributed by atoms with Crippen LogP contribution in [0.1, 0.15) is 25.3 Å². The van der Waals surface area contributed by atoms with Gasteiger partial charge in [-0.05, 0) is 37.5 Å². The number of nitrogen functional groups attached to an aromatic ring is 1. The predicted octanol–water partition coefficient (Wildman–Crippen LogP) is 1.84. The number of rotatable bonds is 4. The lowest BCUT2D eigenvalue weighted by atomic mass is 10.1. The highest BCUT2D eigenvalue weighted by molar-refractivity contribution is 5.79. The van der Waals surface area contributed by atoms with Gasteiger partial charge >= 0.3 is 0 Å². The Morgan fingerprint density at radius 2 is 2.16 bits per heavy atom. The Hall–Kier alpha value is -1.55. The molecule has 19 heavy (non-hydrogen) atoms. The molecule has 0 spiro atoms. The molecule has 1 aromatic carbocycles. The van der Waals surface area contributed by atoms with Crippen LogP contribution in [-0.2, 0) is 16.0 Å². The Balaban J connectivity index is 1.90. The fourth-order valence-corrected chi connectivity index (χ4v) is 2.46. The summed E-state index contributed by atoms with van der Waals surface area (Å²) in [5.74, 6) is 0.175. The van der Waals surface area contributed by atoms with Crippen LogP contribution in [0.3, 0.4) is 0 Å². The van der Waals surface area contributed by atoms with Crippen LogP contribution in [0, 0.1) is 0 Å². The molecule has 0 aliphatic carbocycles. The number of likely N-dealkylation sites (tertiary alicyclic amines) is 1. The number of hydrogen-bond donors (Lipinski definition) is 1. The molecule has 2 N–H and O–H groups in total. The molecule has 4 heteroatoms. The Morgan fingerprint density at radius 3 is 2.84 bits per heavy atom. The minimum absolute atomic E-state index is 0.175. The third kappa shape index (κ3) is 3.96. The normalized spacial score (nSPS) is 19.4. The number of carbonyl (C=O) groups excluding carboxylic acids is 1. The van der Waals surface area contributed by atoms with Gasteiger partial charge in [0.1, 0.15) is 0 Å².